The zero-order chi connectivity index (χ0) is 11.7. The number of nitrogens with zero attached hydrogens (tertiary/aromatic N) is 1. The molecule has 0 aliphatic carbocycles. The summed E-state index contributed by atoms with van der Waals surface area (Å²) in [4.78, 5) is 23.4. The molecule has 1 fully saturated rings. The molecule has 0 N–H and O–H groups in total. The van der Waals surface area contributed by atoms with E-state index in [4.69, 9.17) is 0 Å². The molecule has 1 atom stereocenters. The highest BCUT2D eigenvalue weighted by molar-refractivity contribution is 5.72. The van der Waals surface area contributed by atoms with Crippen LogP contribution in [-0.4, -0.2) is 37.5 Å². The summed E-state index contributed by atoms with van der Waals surface area (Å²) in [5.41, 5.74) is 0. The molecule has 1 rings (SSSR count). The van der Waals surface area contributed by atoms with Crippen molar-refractivity contribution < 1.29 is 14.3 Å². The molecule has 0 saturated carbocycles. The third-order valence-electron chi connectivity index (χ3n) is 2.45. The van der Waals surface area contributed by atoms with Crippen LogP contribution < -0.4 is 0 Å². The van der Waals surface area contributed by atoms with E-state index in [1.165, 1.54) is 7.11 Å². The number of rotatable bonds is 2. The highest BCUT2D eigenvalue weighted by atomic mass is 16.5. The van der Waals surface area contributed by atoms with Crippen molar-refractivity contribution in [3.05, 3.63) is 0 Å². The summed E-state index contributed by atoms with van der Waals surface area (Å²) in [6.45, 7) is 5.43. The van der Waals surface area contributed by atoms with Crippen molar-refractivity contribution in [1.29, 1.82) is 0 Å². The number of hydrogen-bond acceptors (Lipinski definition) is 3. The molecule has 15 heavy (non-hydrogen) atoms. The van der Waals surface area contributed by atoms with Crippen LogP contribution in [0.1, 0.15) is 33.1 Å². The van der Waals surface area contributed by atoms with Gasteiger partial charge in [0.15, 0.2) is 0 Å². The lowest BCUT2D eigenvalue weighted by Crippen LogP contribution is -2.23. The van der Waals surface area contributed by atoms with Crippen LogP contribution >= 0.6 is 0 Å². The smallest absolute Gasteiger partial charge is 0.308 e. The number of ether oxygens (including phenoxy) is 1. The number of carbonyl (C=O) groups is 2. The van der Waals surface area contributed by atoms with Crippen LogP contribution in [0.3, 0.4) is 0 Å². The zero-order valence-corrected chi connectivity index (χ0v) is 9.86. The molecule has 0 bridgehead atoms. The number of carbonyl (C=O) groups excluding carboxylic acids is 2. The van der Waals surface area contributed by atoms with E-state index in [1.807, 2.05) is 13.8 Å². The molecule has 0 aromatic carbocycles. The highest BCUT2D eigenvalue weighted by Gasteiger charge is 2.22. The topological polar surface area (TPSA) is 46.6 Å². The quantitative estimate of drug-likeness (QED) is 0.517. The van der Waals surface area contributed by atoms with Gasteiger partial charge in [0.1, 0.15) is 0 Å². The van der Waals surface area contributed by atoms with Crippen molar-refractivity contribution in [2.75, 3.05) is 20.2 Å². The normalized spacial score (nSPS) is 20.7. The fraction of sp³-hybridized carbons (Fsp3) is 0.818. The van der Waals surface area contributed by atoms with Crippen LogP contribution in [0.15, 0.2) is 0 Å². The van der Waals surface area contributed by atoms with E-state index < -0.39 is 0 Å². The van der Waals surface area contributed by atoms with Gasteiger partial charge in [-0.3, -0.25) is 9.59 Å². The molecule has 1 unspecified atom stereocenters. The Morgan fingerprint density at radius 1 is 1.33 bits per heavy atom. The number of amides is 1. The number of methoxy groups -OCH3 is 1. The van der Waals surface area contributed by atoms with Crippen LogP contribution in [0.25, 0.3) is 0 Å². The van der Waals surface area contributed by atoms with E-state index in [1.54, 1.807) is 4.90 Å². The minimum Gasteiger partial charge on any atom is -0.469 e. The first-order valence-corrected chi connectivity index (χ1v) is 5.55. The molecule has 0 aromatic rings. The predicted octanol–water partition coefficient (Wildman–Crippen LogP) is 1.44. The molecule has 1 heterocycles. The maximum absolute atomic E-state index is 11.2. The van der Waals surface area contributed by atoms with Crippen molar-refractivity contribution >= 4 is 12.4 Å². The molecule has 1 amide bonds. The van der Waals surface area contributed by atoms with Gasteiger partial charge in [0, 0.05) is 13.1 Å². The van der Waals surface area contributed by atoms with E-state index in [0.717, 1.165) is 32.2 Å². The van der Waals surface area contributed by atoms with Crippen LogP contribution in [-0.2, 0) is 14.3 Å². The zero-order valence-electron chi connectivity index (χ0n) is 9.86. The van der Waals surface area contributed by atoms with Gasteiger partial charge in [-0.25, -0.2) is 0 Å². The Kier molecular flexibility index (Phi) is 7.68. The lowest BCUT2D eigenvalue weighted by molar-refractivity contribution is -0.145. The van der Waals surface area contributed by atoms with Gasteiger partial charge in [-0.1, -0.05) is 13.8 Å². The molecular weight excluding hydrogens is 194 g/mol. The summed E-state index contributed by atoms with van der Waals surface area (Å²) < 4.78 is 4.67. The number of likely N-dealkylation sites (tertiary alicyclic amines) is 1. The van der Waals surface area contributed by atoms with E-state index >= 15 is 0 Å². The van der Waals surface area contributed by atoms with Gasteiger partial charge in [0.2, 0.25) is 6.41 Å². The molecule has 0 spiro atoms. The maximum Gasteiger partial charge on any atom is 0.308 e. The first-order valence-electron chi connectivity index (χ1n) is 5.55. The number of esters is 1. The second-order valence-corrected chi connectivity index (χ2v) is 3.29. The Morgan fingerprint density at radius 2 is 2.00 bits per heavy atom. The lowest BCUT2D eigenvalue weighted by atomic mass is 10.0. The van der Waals surface area contributed by atoms with Crippen LogP contribution in [0, 0.1) is 5.92 Å². The summed E-state index contributed by atoms with van der Waals surface area (Å²) in [6, 6.07) is 0. The average Bonchev–Trinajstić information content (AvgIpc) is 2.55. The first-order chi connectivity index (χ1) is 7.27. The van der Waals surface area contributed by atoms with Gasteiger partial charge in [-0.15, -0.1) is 0 Å². The number of hydrogen-bond donors (Lipinski definition) is 0. The van der Waals surface area contributed by atoms with Gasteiger partial charge in [-0.2, -0.15) is 0 Å². The highest BCUT2D eigenvalue weighted by Crippen LogP contribution is 2.17. The predicted molar refractivity (Wildman–Crippen MR) is 58.3 cm³/mol. The van der Waals surface area contributed by atoms with Crippen LogP contribution in [0.2, 0.25) is 0 Å². The SMILES string of the molecule is CC.COC(=O)C1CCCN(C=O)CC1. The summed E-state index contributed by atoms with van der Waals surface area (Å²) >= 11 is 0. The van der Waals surface area contributed by atoms with Crippen molar-refractivity contribution in [3.8, 4) is 0 Å². The van der Waals surface area contributed by atoms with Gasteiger partial charge >= 0.3 is 5.97 Å². The van der Waals surface area contributed by atoms with Crippen molar-refractivity contribution in [2.24, 2.45) is 5.92 Å². The monoisotopic (exact) mass is 215 g/mol. The fourth-order valence-corrected chi connectivity index (χ4v) is 1.63. The molecule has 4 nitrogen and oxygen atoms in total. The summed E-state index contributed by atoms with van der Waals surface area (Å²) in [7, 11) is 1.41. The maximum atomic E-state index is 11.2. The summed E-state index contributed by atoms with van der Waals surface area (Å²) in [5.74, 6) is -0.164. The van der Waals surface area contributed by atoms with E-state index in [0.29, 0.717) is 6.54 Å². The van der Waals surface area contributed by atoms with Gasteiger partial charge in [-0.05, 0) is 19.3 Å². The van der Waals surface area contributed by atoms with Gasteiger partial charge in [0.25, 0.3) is 0 Å². The second-order valence-electron chi connectivity index (χ2n) is 3.29. The van der Waals surface area contributed by atoms with Gasteiger partial charge in [0.05, 0.1) is 13.0 Å². The van der Waals surface area contributed by atoms with Crippen LogP contribution in [0.4, 0.5) is 0 Å². The molecule has 1 saturated heterocycles. The largest absolute Gasteiger partial charge is 0.469 e. The third kappa shape index (κ3) is 4.81. The Morgan fingerprint density at radius 3 is 2.53 bits per heavy atom. The molecule has 1 aliphatic heterocycles. The Balaban J connectivity index is 0.000000921. The third-order valence-corrected chi connectivity index (χ3v) is 2.45. The Bertz CT molecular complexity index is 194. The van der Waals surface area contributed by atoms with Crippen molar-refractivity contribution in [3.63, 3.8) is 0 Å². The molecule has 4 heteroatoms. The summed E-state index contributed by atoms with van der Waals surface area (Å²) in [5, 5.41) is 0. The fourth-order valence-electron chi connectivity index (χ4n) is 1.63. The first kappa shape index (κ1) is 13.9. The second kappa shape index (κ2) is 8.26. The molecule has 88 valence electrons. The lowest BCUT2D eigenvalue weighted by Gasteiger charge is -2.13. The molecular formula is C11H21NO3. The Labute approximate surface area is 91.6 Å². The van der Waals surface area contributed by atoms with Crippen LogP contribution in [0.5, 0.6) is 0 Å². The van der Waals surface area contributed by atoms with E-state index in [2.05, 4.69) is 4.74 Å². The van der Waals surface area contributed by atoms with E-state index in [9.17, 15) is 9.59 Å². The molecule has 1 aliphatic rings. The minimum absolute atomic E-state index is 0.0186. The van der Waals surface area contributed by atoms with Crippen molar-refractivity contribution in [1.82, 2.24) is 4.90 Å². The molecule has 0 radical (unpaired) electrons. The Hall–Kier alpha value is -1.06. The van der Waals surface area contributed by atoms with E-state index in [-0.39, 0.29) is 11.9 Å². The summed E-state index contributed by atoms with van der Waals surface area (Å²) in [6.07, 6.45) is 3.29. The average molecular weight is 215 g/mol. The van der Waals surface area contributed by atoms with Crippen molar-refractivity contribution in [2.45, 2.75) is 33.1 Å². The molecule has 0 aromatic heterocycles. The van der Waals surface area contributed by atoms with Gasteiger partial charge < -0.3 is 9.64 Å². The minimum atomic E-state index is -0.146. The standard InChI is InChI=1S/C9H15NO3.C2H6/c1-13-9(12)8-3-2-5-10(7-11)6-4-8;1-2/h7-8H,2-6H2,1H3;1-2H3.